The molecule has 0 radical (unpaired) electrons. The van der Waals surface area contributed by atoms with Crippen molar-refractivity contribution in [1.82, 2.24) is 5.32 Å². The van der Waals surface area contributed by atoms with Gasteiger partial charge < -0.3 is 10.8 Å². The van der Waals surface area contributed by atoms with Crippen molar-refractivity contribution in [2.75, 3.05) is 19.8 Å². The van der Waals surface area contributed by atoms with Gasteiger partial charge in [-0.05, 0) is 25.9 Å². The Balaban J connectivity index is 2.60. The van der Waals surface area contributed by atoms with E-state index >= 15 is 0 Å². The molecule has 0 aromatic carbocycles. The van der Waals surface area contributed by atoms with Gasteiger partial charge in [-0.15, -0.1) is 0 Å². The SMILES string of the molecule is NCCCCCNCO. The molecule has 0 unspecified atom stereocenters. The van der Waals surface area contributed by atoms with Gasteiger partial charge in [0.15, 0.2) is 0 Å². The summed E-state index contributed by atoms with van der Waals surface area (Å²) in [6.07, 6.45) is 3.36. The molecule has 3 heteroatoms. The third kappa shape index (κ3) is 7.88. The molecule has 0 aromatic heterocycles. The smallest absolute Gasteiger partial charge is 0.0931 e. The molecule has 0 bridgehead atoms. The van der Waals surface area contributed by atoms with Crippen molar-refractivity contribution in [3.63, 3.8) is 0 Å². The van der Waals surface area contributed by atoms with Gasteiger partial charge in [0.1, 0.15) is 0 Å². The first-order chi connectivity index (χ1) is 4.41. The summed E-state index contributed by atoms with van der Waals surface area (Å²) in [6.45, 7) is 1.76. The molecule has 0 aliphatic rings. The van der Waals surface area contributed by atoms with Crippen LogP contribution in [-0.4, -0.2) is 24.9 Å². The van der Waals surface area contributed by atoms with E-state index in [1.807, 2.05) is 0 Å². The number of aliphatic hydroxyl groups is 1. The minimum Gasteiger partial charge on any atom is -0.381 e. The predicted molar refractivity (Wildman–Crippen MR) is 38.0 cm³/mol. The molecule has 4 N–H and O–H groups in total. The standard InChI is InChI=1S/C6H16N2O/c7-4-2-1-3-5-8-6-9/h8-9H,1-7H2. The molecular formula is C6H16N2O. The number of rotatable bonds is 6. The Hall–Kier alpha value is -0.120. The second-order valence-electron chi connectivity index (χ2n) is 2.01. The van der Waals surface area contributed by atoms with Crippen LogP contribution < -0.4 is 11.1 Å². The fraction of sp³-hybridized carbons (Fsp3) is 1.00. The molecule has 0 heterocycles. The highest BCUT2D eigenvalue weighted by molar-refractivity contribution is 4.44. The molecule has 0 atom stereocenters. The molecule has 0 fully saturated rings. The lowest BCUT2D eigenvalue weighted by Crippen LogP contribution is -2.16. The van der Waals surface area contributed by atoms with Crippen LogP contribution in [0.25, 0.3) is 0 Å². The Bertz CT molecular complexity index is 44.3. The van der Waals surface area contributed by atoms with Crippen LogP contribution in [0.5, 0.6) is 0 Å². The average molecular weight is 132 g/mol. The molecule has 0 aromatic rings. The van der Waals surface area contributed by atoms with Crippen molar-refractivity contribution < 1.29 is 5.11 Å². The highest BCUT2D eigenvalue weighted by Crippen LogP contribution is 1.89. The Morgan fingerprint density at radius 3 is 2.56 bits per heavy atom. The largest absolute Gasteiger partial charge is 0.381 e. The normalized spacial score (nSPS) is 10.0. The summed E-state index contributed by atoms with van der Waals surface area (Å²) in [5.74, 6) is 0. The van der Waals surface area contributed by atoms with Crippen LogP contribution >= 0.6 is 0 Å². The molecule has 0 rings (SSSR count). The summed E-state index contributed by atoms with van der Waals surface area (Å²) < 4.78 is 0. The van der Waals surface area contributed by atoms with Crippen LogP contribution in [0.3, 0.4) is 0 Å². The van der Waals surface area contributed by atoms with E-state index in [1.165, 1.54) is 0 Å². The van der Waals surface area contributed by atoms with Gasteiger partial charge in [0.05, 0.1) is 6.73 Å². The predicted octanol–water partition coefficient (Wildman–Crippen LogP) is -0.345. The summed E-state index contributed by atoms with van der Waals surface area (Å²) >= 11 is 0. The van der Waals surface area contributed by atoms with Crippen molar-refractivity contribution in [2.45, 2.75) is 19.3 Å². The Kier molecular flexibility index (Phi) is 7.77. The summed E-state index contributed by atoms with van der Waals surface area (Å²) in [6, 6.07) is 0. The lowest BCUT2D eigenvalue weighted by Gasteiger charge is -1.98. The average Bonchev–Trinajstić information content (AvgIpc) is 1.89. The Morgan fingerprint density at radius 2 is 2.00 bits per heavy atom. The van der Waals surface area contributed by atoms with Gasteiger partial charge in [0, 0.05) is 0 Å². The summed E-state index contributed by atoms with van der Waals surface area (Å²) in [5.41, 5.74) is 5.27. The summed E-state index contributed by atoms with van der Waals surface area (Å²) in [4.78, 5) is 0. The van der Waals surface area contributed by atoms with Crippen molar-refractivity contribution in [1.29, 1.82) is 0 Å². The fourth-order valence-corrected chi connectivity index (χ4v) is 0.650. The topological polar surface area (TPSA) is 58.3 Å². The number of hydrogen-bond donors (Lipinski definition) is 3. The monoisotopic (exact) mass is 132 g/mol. The highest BCUT2D eigenvalue weighted by Gasteiger charge is 1.84. The van der Waals surface area contributed by atoms with E-state index < -0.39 is 0 Å². The first-order valence-electron chi connectivity index (χ1n) is 3.43. The molecule has 3 nitrogen and oxygen atoms in total. The van der Waals surface area contributed by atoms with E-state index in [0.29, 0.717) is 0 Å². The maximum atomic E-state index is 8.29. The molecule has 0 aliphatic carbocycles. The van der Waals surface area contributed by atoms with Crippen LogP contribution in [0.4, 0.5) is 0 Å². The lowest BCUT2D eigenvalue weighted by molar-refractivity contribution is 0.260. The molecule has 0 aliphatic heterocycles. The molecule has 0 spiro atoms. The molecule has 56 valence electrons. The van der Waals surface area contributed by atoms with E-state index in [4.69, 9.17) is 10.8 Å². The van der Waals surface area contributed by atoms with Gasteiger partial charge in [-0.25, -0.2) is 0 Å². The summed E-state index contributed by atoms with van der Waals surface area (Å²) in [5, 5.41) is 11.1. The van der Waals surface area contributed by atoms with Gasteiger partial charge in [-0.3, -0.25) is 5.32 Å². The summed E-state index contributed by atoms with van der Waals surface area (Å²) in [7, 11) is 0. The quantitative estimate of drug-likeness (QED) is 0.342. The first kappa shape index (κ1) is 8.88. The van der Waals surface area contributed by atoms with Gasteiger partial charge >= 0.3 is 0 Å². The molecular weight excluding hydrogens is 116 g/mol. The van der Waals surface area contributed by atoms with Crippen molar-refractivity contribution in [3.8, 4) is 0 Å². The van der Waals surface area contributed by atoms with Crippen molar-refractivity contribution in [2.24, 2.45) is 5.73 Å². The van der Waals surface area contributed by atoms with Crippen LogP contribution in [0.1, 0.15) is 19.3 Å². The second kappa shape index (κ2) is 7.88. The number of aliphatic hydroxyl groups excluding tert-OH is 1. The van der Waals surface area contributed by atoms with Crippen LogP contribution in [0, 0.1) is 0 Å². The zero-order valence-corrected chi connectivity index (χ0v) is 5.77. The third-order valence-corrected chi connectivity index (χ3v) is 1.17. The molecule has 0 saturated heterocycles. The molecule has 0 saturated carbocycles. The third-order valence-electron chi connectivity index (χ3n) is 1.17. The minimum atomic E-state index is 0.0859. The number of nitrogens with one attached hydrogen (secondary N) is 1. The lowest BCUT2D eigenvalue weighted by atomic mass is 10.2. The Morgan fingerprint density at radius 1 is 1.22 bits per heavy atom. The molecule has 0 amide bonds. The van der Waals surface area contributed by atoms with Crippen LogP contribution in [0.2, 0.25) is 0 Å². The van der Waals surface area contributed by atoms with Gasteiger partial charge in [0.2, 0.25) is 0 Å². The van der Waals surface area contributed by atoms with Crippen LogP contribution in [0.15, 0.2) is 0 Å². The zero-order chi connectivity index (χ0) is 6.95. The zero-order valence-electron chi connectivity index (χ0n) is 5.77. The van der Waals surface area contributed by atoms with E-state index in [2.05, 4.69) is 5.32 Å². The van der Waals surface area contributed by atoms with Gasteiger partial charge in [-0.2, -0.15) is 0 Å². The number of nitrogens with two attached hydrogens (primary N) is 1. The maximum Gasteiger partial charge on any atom is 0.0931 e. The minimum absolute atomic E-state index is 0.0859. The maximum absolute atomic E-state index is 8.29. The van der Waals surface area contributed by atoms with Crippen molar-refractivity contribution in [3.05, 3.63) is 0 Å². The van der Waals surface area contributed by atoms with E-state index in [-0.39, 0.29) is 6.73 Å². The first-order valence-corrected chi connectivity index (χ1v) is 3.43. The van der Waals surface area contributed by atoms with Crippen LogP contribution in [-0.2, 0) is 0 Å². The Labute approximate surface area is 56.2 Å². The van der Waals surface area contributed by atoms with E-state index in [1.54, 1.807) is 0 Å². The van der Waals surface area contributed by atoms with E-state index in [9.17, 15) is 0 Å². The van der Waals surface area contributed by atoms with Gasteiger partial charge in [-0.1, -0.05) is 6.42 Å². The van der Waals surface area contributed by atoms with Gasteiger partial charge in [0.25, 0.3) is 0 Å². The van der Waals surface area contributed by atoms with E-state index in [0.717, 1.165) is 32.4 Å². The molecule has 9 heavy (non-hydrogen) atoms. The number of unbranched alkanes of at least 4 members (excludes halogenated alkanes) is 2. The second-order valence-corrected chi connectivity index (χ2v) is 2.01. The number of hydrogen-bond acceptors (Lipinski definition) is 3. The fourth-order valence-electron chi connectivity index (χ4n) is 0.650. The highest BCUT2D eigenvalue weighted by atomic mass is 16.3. The van der Waals surface area contributed by atoms with Crippen molar-refractivity contribution >= 4 is 0 Å².